The lowest BCUT2D eigenvalue weighted by atomic mass is 9.95. The van der Waals surface area contributed by atoms with Crippen LogP contribution >= 0.6 is 0 Å². The summed E-state index contributed by atoms with van der Waals surface area (Å²) < 4.78 is 0. The molecule has 1 atom stereocenters. The van der Waals surface area contributed by atoms with E-state index in [1.807, 2.05) is 6.92 Å². The van der Waals surface area contributed by atoms with E-state index < -0.39 is 5.54 Å². The zero-order valence-corrected chi connectivity index (χ0v) is 13.6. The Labute approximate surface area is 124 Å². The van der Waals surface area contributed by atoms with Gasteiger partial charge in [0.1, 0.15) is 0 Å². The molecule has 1 rings (SSSR count). The molecule has 1 aliphatic carbocycles. The number of hydrogen-bond donors (Lipinski definition) is 2. The van der Waals surface area contributed by atoms with Crippen LogP contribution in [0.2, 0.25) is 0 Å². The van der Waals surface area contributed by atoms with Crippen molar-refractivity contribution in [2.45, 2.75) is 76.8 Å². The van der Waals surface area contributed by atoms with E-state index in [0.717, 1.165) is 25.9 Å². The second-order valence-corrected chi connectivity index (χ2v) is 6.50. The molecule has 4 heteroatoms. The largest absolute Gasteiger partial charge is 0.368 e. The second-order valence-electron chi connectivity index (χ2n) is 6.50. The van der Waals surface area contributed by atoms with Crippen molar-refractivity contribution in [1.82, 2.24) is 10.2 Å². The Morgan fingerprint density at radius 1 is 1.30 bits per heavy atom. The van der Waals surface area contributed by atoms with Crippen molar-refractivity contribution < 1.29 is 4.79 Å². The van der Waals surface area contributed by atoms with Crippen LogP contribution in [0.1, 0.15) is 65.2 Å². The molecule has 1 aliphatic rings. The Kier molecular flexibility index (Phi) is 7.52. The molecular weight excluding hydrogens is 250 g/mol. The van der Waals surface area contributed by atoms with Crippen molar-refractivity contribution in [3.05, 3.63) is 0 Å². The molecule has 0 radical (unpaired) electrons. The van der Waals surface area contributed by atoms with Gasteiger partial charge >= 0.3 is 0 Å². The summed E-state index contributed by atoms with van der Waals surface area (Å²) in [6.45, 7) is 5.81. The first-order valence-corrected chi connectivity index (χ1v) is 8.25. The van der Waals surface area contributed by atoms with Gasteiger partial charge in [-0.3, -0.25) is 4.79 Å². The highest BCUT2D eigenvalue weighted by atomic mass is 16.1. The van der Waals surface area contributed by atoms with Gasteiger partial charge in [-0.15, -0.1) is 0 Å². The molecule has 1 amide bonds. The predicted molar refractivity (Wildman–Crippen MR) is 84.6 cm³/mol. The maximum atomic E-state index is 11.7. The monoisotopic (exact) mass is 283 g/mol. The Balaban J connectivity index is 2.46. The zero-order valence-electron chi connectivity index (χ0n) is 13.6. The van der Waals surface area contributed by atoms with Crippen molar-refractivity contribution in [2.24, 2.45) is 5.73 Å². The third kappa shape index (κ3) is 5.41. The van der Waals surface area contributed by atoms with Crippen molar-refractivity contribution in [3.8, 4) is 0 Å². The van der Waals surface area contributed by atoms with Gasteiger partial charge in [0.2, 0.25) is 5.91 Å². The maximum Gasteiger partial charge on any atom is 0.237 e. The van der Waals surface area contributed by atoms with E-state index in [4.69, 9.17) is 5.73 Å². The minimum atomic E-state index is -0.574. The Morgan fingerprint density at radius 2 is 1.90 bits per heavy atom. The van der Waals surface area contributed by atoms with Crippen LogP contribution in [0, 0.1) is 0 Å². The van der Waals surface area contributed by atoms with E-state index in [-0.39, 0.29) is 5.91 Å². The Bertz CT molecular complexity index is 287. The van der Waals surface area contributed by atoms with Gasteiger partial charge in [-0.1, -0.05) is 32.6 Å². The summed E-state index contributed by atoms with van der Waals surface area (Å²) in [7, 11) is 2.19. The summed E-state index contributed by atoms with van der Waals surface area (Å²) >= 11 is 0. The van der Waals surface area contributed by atoms with Crippen molar-refractivity contribution in [1.29, 1.82) is 0 Å². The molecule has 0 aromatic heterocycles. The molecule has 1 saturated carbocycles. The molecule has 3 N–H and O–H groups in total. The number of rotatable bonds is 8. The van der Waals surface area contributed by atoms with Gasteiger partial charge in [0, 0.05) is 12.6 Å². The van der Waals surface area contributed by atoms with Gasteiger partial charge in [-0.25, -0.2) is 0 Å². The molecule has 1 unspecified atom stereocenters. The molecule has 0 aromatic carbocycles. The molecule has 4 nitrogen and oxygen atoms in total. The van der Waals surface area contributed by atoms with E-state index in [9.17, 15) is 4.79 Å². The average molecular weight is 283 g/mol. The summed E-state index contributed by atoms with van der Waals surface area (Å²) in [4.78, 5) is 14.1. The minimum Gasteiger partial charge on any atom is -0.368 e. The van der Waals surface area contributed by atoms with E-state index in [2.05, 4.69) is 24.2 Å². The minimum absolute atomic E-state index is 0.236. The summed E-state index contributed by atoms with van der Waals surface area (Å²) in [5.74, 6) is -0.236. The number of carbonyl (C=O) groups is 1. The van der Waals surface area contributed by atoms with Crippen LogP contribution in [0.25, 0.3) is 0 Å². The SMILES string of the molecule is CCCNC(C)(CCN(C)C1CCCCCC1)C(N)=O. The molecule has 1 fully saturated rings. The van der Waals surface area contributed by atoms with Gasteiger partial charge in [-0.2, -0.15) is 0 Å². The first-order valence-electron chi connectivity index (χ1n) is 8.25. The summed E-state index contributed by atoms with van der Waals surface area (Å²) in [5, 5.41) is 3.31. The van der Waals surface area contributed by atoms with Crippen LogP contribution in [0.3, 0.4) is 0 Å². The molecular formula is C16H33N3O. The van der Waals surface area contributed by atoms with Crippen LogP contribution in [-0.2, 0) is 4.79 Å². The van der Waals surface area contributed by atoms with Crippen molar-refractivity contribution in [3.63, 3.8) is 0 Å². The number of amides is 1. The molecule has 0 saturated heterocycles. The normalized spacial score (nSPS) is 20.6. The third-order valence-electron chi connectivity index (χ3n) is 4.72. The molecule has 0 heterocycles. The highest BCUT2D eigenvalue weighted by Gasteiger charge is 2.30. The molecule has 0 aliphatic heterocycles. The number of nitrogens with two attached hydrogens (primary N) is 1. The fraction of sp³-hybridized carbons (Fsp3) is 0.938. The summed E-state index contributed by atoms with van der Waals surface area (Å²) in [5.41, 5.74) is 5.01. The lowest BCUT2D eigenvalue weighted by Gasteiger charge is -2.33. The fourth-order valence-electron chi connectivity index (χ4n) is 2.98. The number of carbonyl (C=O) groups excluding carboxylic acids is 1. The van der Waals surface area contributed by atoms with E-state index in [0.29, 0.717) is 6.04 Å². The van der Waals surface area contributed by atoms with E-state index >= 15 is 0 Å². The summed E-state index contributed by atoms with van der Waals surface area (Å²) in [6, 6.07) is 0.681. The van der Waals surface area contributed by atoms with Crippen LogP contribution in [-0.4, -0.2) is 42.5 Å². The topological polar surface area (TPSA) is 58.4 Å². The van der Waals surface area contributed by atoms with Crippen LogP contribution in [0.15, 0.2) is 0 Å². The van der Waals surface area contributed by atoms with E-state index in [1.54, 1.807) is 0 Å². The number of nitrogens with one attached hydrogen (secondary N) is 1. The van der Waals surface area contributed by atoms with Gasteiger partial charge in [0.25, 0.3) is 0 Å². The van der Waals surface area contributed by atoms with E-state index in [1.165, 1.54) is 38.5 Å². The highest BCUT2D eigenvalue weighted by molar-refractivity contribution is 5.84. The standard InChI is InChI=1S/C16H33N3O/c1-4-12-18-16(2,15(17)20)11-13-19(3)14-9-7-5-6-8-10-14/h14,18H,4-13H2,1-3H3,(H2,17,20). The summed E-state index contributed by atoms with van der Waals surface area (Å²) in [6.07, 6.45) is 9.84. The first kappa shape index (κ1) is 17.4. The predicted octanol–water partition coefficient (Wildman–Crippen LogP) is 2.27. The van der Waals surface area contributed by atoms with Crippen LogP contribution in [0.4, 0.5) is 0 Å². The maximum absolute atomic E-state index is 11.7. The molecule has 118 valence electrons. The van der Waals surface area contributed by atoms with Crippen LogP contribution < -0.4 is 11.1 Å². The van der Waals surface area contributed by atoms with Crippen molar-refractivity contribution in [2.75, 3.05) is 20.1 Å². The first-order chi connectivity index (χ1) is 9.49. The Hall–Kier alpha value is -0.610. The third-order valence-corrected chi connectivity index (χ3v) is 4.72. The molecule has 20 heavy (non-hydrogen) atoms. The smallest absolute Gasteiger partial charge is 0.237 e. The molecule has 0 bridgehead atoms. The number of nitrogens with zero attached hydrogens (tertiary/aromatic N) is 1. The second kappa shape index (κ2) is 8.63. The number of primary amides is 1. The highest BCUT2D eigenvalue weighted by Crippen LogP contribution is 2.22. The lowest BCUT2D eigenvalue weighted by Crippen LogP contribution is -2.55. The molecule has 0 aromatic rings. The van der Waals surface area contributed by atoms with Gasteiger partial charge in [0.15, 0.2) is 0 Å². The lowest BCUT2D eigenvalue weighted by molar-refractivity contribution is -0.124. The Morgan fingerprint density at radius 3 is 2.40 bits per heavy atom. The fourth-order valence-corrected chi connectivity index (χ4v) is 2.98. The number of hydrogen-bond acceptors (Lipinski definition) is 3. The van der Waals surface area contributed by atoms with Gasteiger partial charge in [0.05, 0.1) is 5.54 Å². The van der Waals surface area contributed by atoms with Gasteiger partial charge < -0.3 is 16.0 Å². The van der Waals surface area contributed by atoms with Gasteiger partial charge in [-0.05, 0) is 46.2 Å². The quantitative estimate of drug-likeness (QED) is 0.672. The van der Waals surface area contributed by atoms with Crippen LogP contribution in [0.5, 0.6) is 0 Å². The van der Waals surface area contributed by atoms with Crippen molar-refractivity contribution >= 4 is 5.91 Å². The zero-order chi connectivity index (χ0) is 15.0. The molecule has 0 spiro atoms. The average Bonchev–Trinajstić information content (AvgIpc) is 2.71.